The fraction of sp³-hybridized carbons (Fsp3) is 0.684. The molecule has 2 nitrogen and oxygen atoms in total. The monoisotopic (exact) mass is 289 g/mol. The normalized spacial score (nSPS) is 26.3. The van der Waals surface area contributed by atoms with Crippen LogP contribution in [-0.2, 0) is 6.42 Å². The molecule has 0 amide bonds. The summed E-state index contributed by atoms with van der Waals surface area (Å²) in [6.45, 7) is 9.49. The van der Waals surface area contributed by atoms with Crippen molar-refractivity contribution >= 4 is 0 Å². The van der Waals surface area contributed by atoms with Crippen LogP contribution in [0, 0.1) is 11.3 Å². The molecule has 1 aromatic rings. The first-order chi connectivity index (χ1) is 9.91. The van der Waals surface area contributed by atoms with E-state index in [2.05, 4.69) is 45.1 Å². The molecule has 0 aromatic heterocycles. The van der Waals surface area contributed by atoms with Crippen LogP contribution in [-0.4, -0.2) is 19.2 Å². The summed E-state index contributed by atoms with van der Waals surface area (Å²) in [5.74, 6) is 1.76. The van der Waals surface area contributed by atoms with Gasteiger partial charge < -0.3 is 10.1 Å². The van der Waals surface area contributed by atoms with E-state index >= 15 is 0 Å². The maximum atomic E-state index is 5.46. The number of rotatable bonds is 5. The summed E-state index contributed by atoms with van der Waals surface area (Å²) in [5, 5.41) is 3.85. The summed E-state index contributed by atoms with van der Waals surface area (Å²) in [6.07, 6.45) is 4.98. The Morgan fingerprint density at radius 2 is 2.05 bits per heavy atom. The van der Waals surface area contributed by atoms with Crippen molar-refractivity contribution in [3.8, 4) is 5.75 Å². The number of methoxy groups -OCH3 is 1. The van der Waals surface area contributed by atoms with Gasteiger partial charge in [-0.1, -0.05) is 39.0 Å². The van der Waals surface area contributed by atoms with Gasteiger partial charge in [0.1, 0.15) is 5.75 Å². The highest BCUT2D eigenvalue weighted by Crippen LogP contribution is 2.38. The second-order valence-corrected chi connectivity index (χ2v) is 7.57. The topological polar surface area (TPSA) is 21.3 Å². The highest BCUT2D eigenvalue weighted by Gasteiger charge is 2.32. The fourth-order valence-corrected chi connectivity index (χ4v) is 3.82. The SMILES string of the molecule is COc1ccccc1CC(C)NC1CCC(C)(C)CC1C. The van der Waals surface area contributed by atoms with Crippen molar-refractivity contribution < 1.29 is 4.74 Å². The van der Waals surface area contributed by atoms with Crippen LogP contribution < -0.4 is 10.1 Å². The van der Waals surface area contributed by atoms with Gasteiger partial charge in [0.05, 0.1) is 7.11 Å². The summed E-state index contributed by atoms with van der Waals surface area (Å²) >= 11 is 0. The van der Waals surface area contributed by atoms with Crippen LogP contribution in [0.3, 0.4) is 0 Å². The van der Waals surface area contributed by atoms with Crippen LogP contribution in [0.5, 0.6) is 5.75 Å². The molecular formula is C19H31NO. The third-order valence-corrected chi connectivity index (χ3v) is 4.91. The van der Waals surface area contributed by atoms with Crippen LogP contribution in [0.15, 0.2) is 24.3 Å². The lowest BCUT2D eigenvalue weighted by Gasteiger charge is -2.40. The molecule has 0 heterocycles. The van der Waals surface area contributed by atoms with E-state index in [1.54, 1.807) is 7.11 Å². The third-order valence-electron chi connectivity index (χ3n) is 4.91. The highest BCUT2D eigenvalue weighted by atomic mass is 16.5. The van der Waals surface area contributed by atoms with Crippen molar-refractivity contribution in [1.29, 1.82) is 0 Å². The number of para-hydroxylation sites is 1. The van der Waals surface area contributed by atoms with Gasteiger partial charge in [-0.25, -0.2) is 0 Å². The van der Waals surface area contributed by atoms with Crippen molar-refractivity contribution in [1.82, 2.24) is 5.32 Å². The van der Waals surface area contributed by atoms with Crippen molar-refractivity contribution in [2.24, 2.45) is 11.3 Å². The summed E-state index contributed by atoms with van der Waals surface area (Å²) in [7, 11) is 1.75. The zero-order valence-electron chi connectivity index (χ0n) is 14.3. The Morgan fingerprint density at radius 1 is 1.33 bits per heavy atom. The first-order valence-electron chi connectivity index (χ1n) is 8.29. The van der Waals surface area contributed by atoms with Gasteiger partial charge >= 0.3 is 0 Å². The van der Waals surface area contributed by atoms with Gasteiger partial charge in [-0.3, -0.25) is 0 Å². The van der Waals surface area contributed by atoms with Crippen molar-refractivity contribution in [3.63, 3.8) is 0 Å². The average molecular weight is 289 g/mol. The number of hydrogen-bond acceptors (Lipinski definition) is 2. The quantitative estimate of drug-likeness (QED) is 0.865. The Morgan fingerprint density at radius 3 is 2.71 bits per heavy atom. The van der Waals surface area contributed by atoms with E-state index in [0.717, 1.165) is 18.1 Å². The predicted molar refractivity (Wildman–Crippen MR) is 89.9 cm³/mol. The second kappa shape index (κ2) is 6.83. The molecule has 0 radical (unpaired) electrons. The van der Waals surface area contributed by atoms with E-state index in [9.17, 15) is 0 Å². The van der Waals surface area contributed by atoms with Gasteiger partial charge in [0.15, 0.2) is 0 Å². The molecule has 1 saturated carbocycles. The van der Waals surface area contributed by atoms with Gasteiger partial charge in [-0.2, -0.15) is 0 Å². The van der Waals surface area contributed by atoms with Crippen LogP contribution in [0.25, 0.3) is 0 Å². The van der Waals surface area contributed by atoms with Crippen LogP contribution in [0.2, 0.25) is 0 Å². The summed E-state index contributed by atoms with van der Waals surface area (Å²) in [5.41, 5.74) is 1.81. The smallest absolute Gasteiger partial charge is 0.122 e. The number of benzene rings is 1. The lowest BCUT2D eigenvalue weighted by atomic mass is 9.70. The molecule has 0 spiro atoms. The molecule has 1 fully saturated rings. The van der Waals surface area contributed by atoms with E-state index in [0.29, 0.717) is 17.5 Å². The van der Waals surface area contributed by atoms with Crippen LogP contribution in [0.1, 0.15) is 52.5 Å². The zero-order valence-corrected chi connectivity index (χ0v) is 14.3. The molecule has 1 aliphatic carbocycles. The Hall–Kier alpha value is -1.02. The summed E-state index contributed by atoms with van der Waals surface area (Å²) < 4.78 is 5.46. The standard InChI is InChI=1S/C19H31NO/c1-14-13-19(3,4)11-10-17(14)20-15(2)12-16-8-6-7-9-18(16)21-5/h6-9,14-15,17,20H,10-13H2,1-5H3. The van der Waals surface area contributed by atoms with E-state index in [-0.39, 0.29) is 0 Å². The van der Waals surface area contributed by atoms with E-state index in [1.165, 1.54) is 24.8 Å². The molecule has 0 saturated heterocycles. The first-order valence-corrected chi connectivity index (χ1v) is 8.29. The lowest BCUT2D eigenvalue weighted by Crippen LogP contribution is -2.46. The van der Waals surface area contributed by atoms with E-state index < -0.39 is 0 Å². The predicted octanol–water partition coefficient (Wildman–Crippen LogP) is 4.43. The van der Waals surface area contributed by atoms with Crippen molar-refractivity contribution in [2.45, 2.75) is 65.5 Å². The Labute approximate surface area is 130 Å². The maximum absolute atomic E-state index is 5.46. The Bertz CT molecular complexity index is 455. The van der Waals surface area contributed by atoms with E-state index in [1.807, 2.05) is 12.1 Å². The highest BCUT2D eigenvalue weighted by molar-refractivity contribution is 5.33. The van der Waals surface area contributed by atoms with Gasteiger partial charge in [-0.15, -0.1) is 0 Å². The molecular weight excluding hydrogens is 258 g/mol. The van der Waals surface area contributed by atoms with E-state index in [4.69, 9.17) is 4.74 Å². The van der Waals surface area contributed by atoms with Crippen LogP contribution >= 0.6 is 0 Å². The van der Waals surface area contributed by atoms with Crippen LogP contribution in [0.4, 0.5) is 0 Å². The third kappa shape index (κ3) is 4.47. The molecule has 1 aromatic carbocycles. The maximum Gasteiger partial charge on any atom is 0.122 e. The van der Waals surface area contributed by atoms with Crippen molar-refractivity contribution in [3.05, 3.63) is 29.8 Å². The van der Waals surface area contributed by atoms with Gasteiger partial charge in [-0.05, 0) is 55.6 Å². The largest absolute Gasteiger partial charge is 0.496 e. The average Bonchev–Trinajstić information content (AvgIpc) is 2.42. The molecule has 3 unspecified atom stereocenters. The minimum atomic E-state index is 0.481. The minimum Gasteiger partial charge on any atom is -0.496 e. The molecule has 0 bridgehead atoms. The summed E-state index contributed by atoms with van der Waals surface area (Å²) in [4.78, 5) is 0. The minimum absolute atomic E-state index is 0.481. The second-order valence-electron chi connectivity index (χ2n) is 7.57. The molecule has 2 rings (SSSR count). The number of ether oxygens (including phenoxy) is 1. The van der Waals surface area contributed by atoms with Crippen molar-refractivity contribution in [2.75, 3.05) is 7.11 Å². The first kappa shape index (κ1) is 16.4. The van der Waals surface area contributed by atoms with Gasteiger partial charge in [0, 0.05) is 12.1 Å². The number of hydrogen-bond donors (Lipinski definition) is 1. The number of nitrogens with one attached hydrogen (secondary N) is 1. The molecule has 1 aliphatic rings. The molecule has 1 N–H and O–H groups in total. The fourth-order valence-electron chi connectivity index (χ4n) is 3.82. The molecule has 2 heteroatoms. The molecule has 3 atom stereocenters. The Balaban J connectivity index is 1.91. The Kier molecular flexibility index (Phi) is 5.32. The van der Waals surface area contributed by atoms with Gasteiger partial charge in [0.2, 0.25) is 0 Å². The van der Waals surface area contributed by atoms with Gasteiger partial charge in [0.25, 0.3) is 0 Å². The lowest BCUT2D eigenvalue weighted by molar-refractivity contribution is 0.142. The molecule has 118 valence electrons. The molecule has 21 heavy (non-hydrogen) atoms. The summed E-state index contributed by atoms with van der Waals surface area (Å²) in [6, 6.07) is 9.48. The zero-order chi connectivity index (χ0) is 15.5. The molecule has 0 aliphatic heterocycles.